The normalized spacial score (nSPS) is 17.8. The molecule has 0 fully saturated rings. The summed E-state index contributed by atoms with van der Waals surface area (Å²) in [6, 6.07) is 18.6. The zero-order valence-corrected chi connectivity index (χ0v) is 23.1. The van der Waals surface area contributed by atoms with Crippen molar-refractivity contribution >= 4 is 11.8 Å². The van der Waals surface area contributed by atoms with Crippen molar-refractivity contribution in [2.24, 2.45) is 10.1 Å². The van der Waals surface area contributed by atoms with Crippen LogP contribution in [0.5, 0.6) is 5.75 Å². The zero-order chi connectivity index (χ0) is 30.9. The third-order valence-electron chi connectivity index (χ3n) is 6.83. The second-order valence-electron chi connectivity index (χ2n) is 9.75. The molecule has 1 amide bonds. The minimum absolute atomic E-state index is 0.00222. The van der Waals surface area contributed by atoms with Gasteiger partial charge in [-0.1, -0.05) is 47.6 Å². The van der Waals surface area contributed by atoms with Gasteiger partial charge in [-0.15, -0.1) is 6.58 Å². The Kier molecular flexibility index (Phi) is 10.1. The molecule has 0 unspecified atom stereocenters. The molecule has 0 aromatic heterocycles. The van der Waals surface area contributed by atoms with E-state index >= 15 is 0 Å². The summed E-state index contributed by atoms with van der Waals surface area (Å²) >= 11 is 0. The van der Waals surface area contributed by atoms with Gasteiger partial charge in [0, 0.05) is 36.5 Å². The van der Waals surface area contributed by atoms with Crippen molar-refractivity contribution in [1.82, 2.24) is 5.32 Å². The third kappa shape index (κ3) is 7.35. The van der Waals surface area contributed by atoms with E-state index in [-0.39, 0.29) is 37.6 Å². The molecule has 0 spiro atoms. The first-order valence-electron chi connectivity index (χ1n) is 13.5. The van der Waals surface area contributed by atoms with Gasteiger partial charge < -0.3 is 19.9 Å². The van der Waals surface area contributed by atoms with E-state index in [1.54, 1.807) is 48.5 Å². The number of amides is 1. The molecule has 0 bridgehead atoms. The van der Waals surface area contributed by atoms with E-state index in [1.165, 1.54) is 18.2 Å². The lowest BCUT2D eigenvalue weighted by molar-refractivity contribution is -0.137. The molecule has 4 rings (SSSR count). The van der Waals surface area contributed by atoms with Gasteiger partial charge in [0.1, 0.15) is 5.75 Å². The minimum Gasteiger partial charge on any atom is -0.494 e. The van der Waals surface area contributed by atoms with Gasteiger partial charge in [-0.3, -0.25) is 4.79 Å². The van der Waals surface area contributed by atoms with Gasteiger partial charge in [0.25, 0.3) is 5.91 Å². The first-order chi connectivity index (χ1) is 20.7. The number of hydrogen-bond donors (Lipinski definition) is 2. The topological polar surface area (TPSA) is 129 Å². The number of nitrogens with zero attached hydrogens (tertiary/aromatic N) is 4. The molecule has 12 heteroatoms. The number of nitrogens with one attached hydrogen (secondary N) is 1. The Hall–Kier alpha value is -4.80. The fourth-order valence-corrected chi connectivity index (χ4v) is 4.75. The third-order valence-corrected chi connectivity index (χ3v) is 6.83. The smallest absolute Gasteiger partial charge is 0.416 e. The van der Waals surface area contributed by atoms with E-state index in [9.17, 15) is 18.0 Å². The van der Waals surface area contributed by atoms with Gasteiger partial charge in [0.2, 0.25) is 5.90 Å². The van der Waals surface area contributed by atoms with Crippen LogP contribution in [0.3, 0.4) is 0 Å². The molecule has 3 aromatic rings. The lowest BCUT2D eigenvalue weighted by atomic mass is 9.82. The van der Waals surface area contributed by atoms with Gasteiger partial charge in [-0.25, -0.2) is 4.99 Å². The highest BCUT2D eigenvalue weighted by Gasteiger charge is 2.53. The predicted octanol–water partition coefficient (Wildman–Crippen LogP) is 6.43. The van der Waals surface area contributed by atoms with Crippen molar-refractivity contribution in [2.75, 3.05) is 13.2 Å². The van der Waals surface area contributed by atoms with E-state index in [1.807, 2.05) is 0 Å². The maximum Gasteiger partial charge on any atom is 0.416 e. The van der Waals surface area contributed by atoms with Crippen LogP contribution >= 0.6 is 0 Å². The number of aliphatic imine (C=N–C) groups is 1. The number of carbonyl (C=O) groups is 1. The van der Waals surface area contributed by atoms with E-state index in [0.717, 1.165) is 12.1 Å². The molecule has 0 saturated heterocycles. The monoisotopic (exact) mass is 593 g/mol. The fourth-order valence-electron chi connectivity index (χ4n) is 4.75. The number of carbonyl (C=O) groups excluding carboxylic acids is 1. The number of benzene rings is 3. The summed E-state index contributed by atoms with van der Waals surface area (Å²) in [5.41, 5.74) is 8.52. The highest BCUT2D eigenvalue weighted by atomic mass is 19.4. The standard InChI is InChI=1S/C31H30F3N5O4/c1-2-15-30(29(41)36-19-21-7-5-9-24(18-21)31(32,33)34)27(26-10-4-3-8-23(26)20-37-39-35)43-28(38-30)22-11-13-25(14-12-22)42-17-6-16-40/h2-5,7-14,18,27,40H,1,6,15-17,19-20H2,(H,36,41)/t27-,30-/m1/s1. The van der Waals surface area contributed by atoms with Crippen LogP contribution in [0.2, 0.25) is 0 Å². The molecule has 2 atom stereocenters. The van der Waals surface area contributed by atoms with E-state index < -0.39 is 29.3 Å². The van der Waals surface area contributed by atoms with E-state index in [2.05, 4.69) is 21.9 Å². The van der Waals surface area contributed by atoms with Crippen molar-refractivity contribution in [1.29, 1.82) is 0 Å². The largest absolute Gasteiger partial charge is 0.494 e. The molecule has 3 aromatic carbocycles. The molecular formula is C31H30F3N5O4. The maximum atomic E-state index is 14.0. The number of aliphatic hydroxyl groups is 1. The number of hydrogen-bond acceptors (Lipinski definition) is 6. The Labute approximate surface area is 246 Å². The SMILES string of the molecule is C=CC[C@@]1(C(=O)NCc2cccc(C(F)(F)F)c2)N=C(c2ccc(OCCCO)cc2)O[C@@H]1c1ccccc1CN=[N+]=[N-]. The second kappa shape index (κ2) is 13.9. The lowest BCUT2D eigenvalue weighted by Crippen LogP contribution is -2.48. The Morgan fingerprint density at radius 1 is 1.19 bits per heavy atom. The van der Waals surface area contributed by atoms with Gasteiger partial charge in [0.05, 0.1) is 18.7 Å². The maximum absolute atomic E-state index is 14.0. The molecule has 0 radical (unpaired) electrons. The van der Waals surface area contributed by atoms with Crippen molar-refractivity contribution in [3.63, 3.8) is 0 Å². The summed E-state index contributed by atoms with van der Waals surface area (Å²) < 4.78 is 51.8. The van der Waals surface area contributed by atoms with Crippen LogP contribution in [0.4, 0.5) is 13.2 Å². The molecule has 2 N–H and O–H groups in total. The van der Waals surface area contributed by atoms with Gasteiger partial charge in [0.15, 0.2) is 11.6 Å². The van der Waals surface area contributed by atoms with Gasteiger partial charge >= 0.3 is 6.18 Å². The highest BCUT2D eigenvalue weighted by Crippen LogP contribution is 2.44. The summed E-state index contributed by atoms with van der Waals surface area (Å²) in [7, 11) is 0. The van der Waals surface area contributed by atoms with Gasteiger partial charge in [-0.2, -0.15) is 13.2 Å². The summed E-state index contributed by atoms with van der Waals surface area (Å²) in [4.78, 5) is 21.6. The average Bonchev–Trinajstić information content (AvgIpc) is 3.39. The van der Waals surface area contributed by atoms with Crippen LogP contribution in [-0.2, 0) is 28.8 Å². The number of halogens is 3. The molecule has 0 saturated carbocycles. The van der Waals surface area contributed by atoms with Crippen LogP contribution in [-0.4, -0.2) is 35.7 Å². The Morgan fingerprint density at radius 2 is 1.95 bits per heavy atom. The number of alkyl halides is 3. The molecule has 9 nitrogen and oxygen atoms in total. The lowest BCUT2D eigenvalue weighted by Gasteiger charge is -2.30. The van der Waals surface area contributed by atoms with E-state index in [0.29, 0.717) is 35.5 Å². The van der Waals surface area contributed by atoms with Crippen LogP contribution in [0.1, 0.15) is 46.8 Å². The molecule has 0 aliphatic carbocycles. The number of azide groups is 1. The van der Waals surface area contributed by atoms with Crippen molar-refractivity contribution < 1.29 is 32.5 Å². The molecule has 1 aliphatic heterocycles. The highest BCUT2D eigenvalue weighted by molar-refractivity contribution is 6.01. The summed E-state index contributed by atoms with van der Waals surface area (Å²) in [5.74, 6) is 0.164. The Balaban J connectivity index is 1.72. The average molecular weight is 594 g/mol. The van der Waals surface area contributed by atoms with Gasteiger partial charge in [-0.05, 0) is 58.6 Å². The first kappa shape index (κ1) is 31.1. The second-order valence-corrected chi connectivity index (χ2v) is 9.75. The Morgan fingerprint density at radius 3 is 2.65 bits per heavy atom. The fraction of sp³-hybridized carbons (Fsp3) is 0.290. The Bertz CT molecular complexity index is 1520. The molecule has 1 aliphatic rings. The minimum atomic E-state index is -4.53. The molecular weight excluding hydrogens is 563 g/mol. The summed E-state index contributed by atoms with van der Waals surface area (Å²) in [5, 5.41) is 15.4. The number of rotatable bonds is 13. The van der Waals surface area contributed by atoms with Crippen molar-refractivity contribution in [3.8, 4) is 5.75 Å². The van der Waals surface area contributed by atoms with Crippen LogP contribution in [0, 0.1) is 0 Å². The summed E-state index contributed by atoms with van der Waals surface area (Å²) in [6.45, 7) is 3.99. The number of aliphatic hydroxyl groups excluding tert-OH is 1. The van der Waals surface area contributed by atoms with Crippen LogP contribution < -0.4 is 10.1 Å². The molecule has 43 heavy (non-hydrogen) atoms. The number of ether oxygens (including phenoxy) is 2. The first-order valence-corrected chi connectivity index (χ1v) is 13.5. The van der Waals surface area contributed by atoms with Crippen molar-refractivity contribution in [2.45, 2.75) is 43.8 Å². The van der Waals surface area contributed by atoms with E-state index in [4.69, 9.17) is 25.1 Å². The quantitative estimate of drug-likeness (QED) is 0.0778. The zero-order valence-electron chi connectivity index (χ0n) is 23.1. The van der Waals surface area contributed by atoms with Crippen molar-refractivity contribution in [3.05, 3.63) is 124 Å². The molecule has 1 heterocycles. The summed E-state index contributed by atoms with van der Waals surface area (Å²) in [6.07, 6.45) is -3.46. The van der Waals surface area contributed by atoms with Crippen LogP contribution in [0.15, 0.2) is 95.6 Å². The van der Waals surface area contributed by atoms with Crippen LogP contribution in [0.25, 0.3) is 10.4 Å². The predicted molar refractivity (Wildman–Crippen MR) is 154 cm³/mol. The molecule has 224 valence electrons.